The molecule has 0 unspecified atom stereocenters. The monoisotopic (exact) mass is 874 g/mol. The number of likely N-dealkylation sites (tertiary alicyclic amines) is 1. The Morgan fingerprint density at radius 1 is 1.03 bits per heavy atom. The quantitative estimate of drug-likeness (QED) is 0.0988. The van der Waals surface area contributed by atoms with Gasteiger partial charge in [0.2, 0.25) is 11.8 Å². The first-order valence-electron chi connectivity index (χ1n) is 19.3. The van der Waals surface area contributed by atoms with Crippen LogP contribution in [0.2, 0.25) is 0 Å². The number of alkyl carbamates (subject to hydrolysis) is 1. The fourth-order valence-electron chi connectivity index (χ4n) is 7.33. The number of hydrogen-bond donors (Lipinski definition) is 4. The molecule has 0 spiro atoms. The minimum atomic E-state index is -4.39. The van der Waals surface area contributed by atoms with Crippen LogP contribution in [0.5, 0.6) is 11.5 Å². The highest BCUT2D eigenvalue weighted by atomic mass is 35.5. The van der Waals surface area contributed by atoms with Crippen molar-refractivity contribution >= 4 is 62.1 Å². The van der Waals surface area contributed by atoms with Crippen LogP contribution in [0.15, 0.2) is 102 Å². The standard InChI is InChI=1S/C43H47ClN6O10S/c1-6-42(25-43(42,45)39(54)49-61(56,57)29-15-11-8-12-16-29)37(52)34-20-28(24-50(34)38(53)33(23-46-36(51)22-44)48-40(55)60-41(2,3)4)59-35-21-31(26-13-9-7-10-14-26)47-32-19-27(58-5)17-18-30(32)35/h6-19,21,28,33-34H,1,20,22-25,45H2,2-5H3,(H,46,51)(H,48,55)(H,49,54)/t28-,33+,34+,42+,43+/m1/s1. The number of benzene rings is 3. The molecule has 0 radical (unpaired) electrons. The van der Waals surface area contributed by atoms with E-state index in [0.29, 0.717) is 28.1 Å². The van der Waals surface area contributed by atoms with E-state index in [4.69, 9.17) is 36.5 Å². The Morgan fingerprint density at radius 2 is 1.70 bits per heavy atom. The lowest BCUT2D eigenvalue weighted by Crippen LogP contribution is -2.58. The van der Waals surface area contributed by atoms with Gasteiger partial charge in [0.15, 0.2) is 5.78 Å². The zero-order valence-corrected chi connectivity index (χ0v) is 35.5. The van der Waals surface area contributed by atoms with E-state index in [1.165, 1.54) is 42.4 Å². The van der Waals surface area contributed by atoms with Gasteiger partial charge in [-0.2, -0.15) is 0 Å². The zero-order chi connectivity index (χ0) is 44.3. The van der Waals surface area contributed by atoms with Crippen molar-refractivity contribution in [3.05, 3.63) is 97.6 Å². The summed E-state index contributed by atoms with van der Waals surface area (Å²) in [4.78, 5) is 74.5. The number of ketones is 1. The van der Waals surface area contributed by atoms with E-state index in [9.17, 15) is 32.4 Å². The molecule has 2 fully saturated rings. The third kappa shape index (κ3) is 9.48. The minimum Gasteiger partial charge on any atom is -0.497 e. The van der Waals surface area contributed by atoms with Crippen LogP contribution in [0, 0.1) is 5.41 Å². The molecular formula is C43H47ClN6O10S. The summed E-state index contributed by atoms with van der Waals surface area (Å²) in [6.45, 7) is 8.05. The topological polar surface area (TPSA) is 225 Å². The number of amides is 4. The lowest BCUT2D eigenvalue weighted by atomic mass is 9.88. The highest BCUT2D eigenvalue weighted by Crippen LogP contribution is 2.58. The Bertz CT molecular complexity index is 2470. The van der Waals surface area contributed by atoms with Gasteiger partial charge in [0.25, 0.3) is 15.9 Å². The summed E-state index contributed by atoms with van der Waals surface area (Å²) in [5, 5.41) is 5.60. The van der Waals surface area contributed by atoms with Gasteiger partial charge in [-0.15, -0.1) is 18.2 Å². The van der Waals surface area contributed by atoms with E-state index in [-0.39, 0.29) is 24.3 Å². The highest BCUT2D eigenvalue weighted by molar-refractivity contribution is 7.90. The van der Waals surface area contributed by atoms with Crippen molar-refractivity contribution in [3.63, 3.8) is 0 Å². The van der Waals surface area contributed by atoms with Gasteiger partial charge >= 0.3 is 6.09 Å². The number of ether oxygens (including phenoxy) is 3. The summed E-state index contributed by atoms with van der Waals surface area (Å²) >= 11 is 5.72. The van der Waals surface area contributed by atoms with Crippen LogP contribution < -0.4 is 30.6 Å². The predicted molar refractivity (Wildman–Crippen MR) is 226 cm³/mol. The van der Waals surface area contributed by atoms with Gasteiger partial charge in [0.05, 0.1) is 41.2 Å². The molecule has 2 aliphatic rings. The molecule has 5 atom stereocenters. The van der Waals surface area contributed by atoms with E-state index in [2.05, 4.69) is 17.2 Å². The number of rotatable bonds is 15. The van der Waals surface area contributed by atoms with Crippen molar-refractivity contribution in [2.24, 2.45) is 11.1 Å². The third-order valence-corrected chi connectivity index (χ3v) is 12.1. The molecule has 16 nitrogen and oxygen atoms in total. The van der Waals surface area contributed by atoms with Crippen LogP contribution in [-0.4, -0.2) is 103 Å². The van der Waals surface area contributed by atoms with Crippen LogP contribution in [0.1, 0.15) is 33.6 Å². The van der Waals surface area contributed by atoms with Crippen LogP contribution in [-0.2, 0) is 33.9 Å². The Labute approximate surface area is 358 Å². The van der Waals surface area contributed by atoms with Gasteiger partial charge in [-0.25, -0.2) is 22.9 Å². The number of carbonyl (C=O) groups excluding carboxylic acids is 5. The van der Waals surface area contributed by atoms with Gasteiger partial charge in [-0.3, -0.25) is 19.2 Å². The molecule has 1 aromatic heterocycles. The number of Topliss-reactive ketones (excluding diaryl/α,β-unsaturated/α-hetero) is 1. The van der Waals surface area contributed by atoms with Crippen molar-refractivity contribution in [2.75, 3.05) is 26.1 Å². The number of pyridine rings is 1. The van der Waals surface area contributed by atoms with Crippen LogP contribution in [0.4, 0.5) is 4.79 Å². The highest BCUT2D eigenvalue weighted by Gasteiger charge is 2.74. The summed E-state index contributed by atoms with van der Waals surface area (Å²) in [6.07, 6.45) is -1.13. The number of nitrogens with one attached hydrogen (secondary N) is 3. The number of alkyl halides is 1. The second-order valence-electron chi connectivity index (χ2n) is 15.8. The smallest absolute Gasteiger partial charge is 0.408 e. The molecule has 6 rings (SSSR count). The summed E-state index contributed by atoms with van der Waals surface area (Å²) in [5.41, 5.74) is 3.63. The van der Waals surface area contributed by atoms with Crippen molar-refractivity contribution in [1.82, 2.24) is 25.2 Å². The minimum absolute atomic E-state index is 0.131. The van der Waals surface area contributed by atoms with Gasteiger partial charge in [0, 0.05) is 36.0 Å². The molecule has 3 aromatic carbocycles. The Morgan fingerprint density at radius 3 is 2.33 bits per heavy atom. The fourth-order valence-corrected chi connectivity index (χ4v) is 8.49. The summed E-state index contributed by atoms with van der Waals surface area (Å²) in [7, 11) is -2.86. The first kappa shape index (κ1) is 44.5. The number of halogens is 1. The molecule has 61 heavy (non-hydrogen) atoms. The van der Waals surface area contributed by atoms with E-state index in [1.54, 1.807) is 51.1 Å². The molecule has 1 aliphatic heterocycles. The van der Waals surface area contributed by atoms with E-state index in [1.807, 2.05) is 35.1 Å². The van der Waals surface area contributed by atoms with E-state index < -0.39 is 86.8 Å². The van der Waals surface area contributed by atoms with Crippen LogP contribution in [0.3, 0.4) is 0 Å². The normalized spacial score (nSPS) is 21.4. The molecule has 1 saturated carbocycles. The van der Waals surface area contributed by atoms with Crippen molar-refractivity contribution in [1.29, 1.82) is 0 Å². The average Bonchev–Trinajstić information content (AvgIpc) is 3.68. The molecule has 0 bridgehead atoms. The number of nitrogens with zero attached hydrogens (tertiary/aromatic N) is 2. The molecule has 2 heterocycles. The van der Waals surface area contributed by atoms with Gasteiger partial charge < -0.3 is 35.5 Å². The van der Waals surface area contributed by atoms with Gasteiger partial charge in [-0.05, 0) is 51.5 Å². The molecule has 1 aliphatic carbocycles. The third-order valence-electron chi connectivity index (χ3n) is 10.5. The van der Waals surface area contributed by atoms with Crippen molar-refractivity contribution < 1.29 is 46.6 Å². The van der Waals surface area contributed by atoms with Gasteiger partial charge in [-0.1, -0.05) is 54.6 Å². The fraction of sp³-hybridized carbons (Fsp3) is 0.349. The second kappa shape index (κ2) is 17.5. The Kier molecular flexibility index (Phi) is 12.8. The summed E-state index contributed by atoms with van der Waals surface area (Å²) in [5.74, 6) is -2.82. The van der Waals surface area contributed by atoms with Crippen molar-refractivity contribution in [3.8, 4) is 22.8 Å². The van der Waals surface area contributed by atoms with Gasteiger partial charge in [0.1, 0.15) is 40.7 Å². The lowest BCUT2D eigenvalue weighted by molar-refractivity contribution is -0.141. The second-order valence-corrected chi connectivity index (χ2v) is 17.8. The zero-order valence-electron chi connectivity index (χ0n) is 34.0. The molecule has 5 N–H and O–H groups in total. The molecule has 4 aromatic rings. The number of carbonyl (C=O) groups is 5. The SMILES string of the molecule is C=C[C@@]1(C(=O)[C@@H]2C[C@@H](Oc3cc(-c4ccccc4)nc4cc(OC)ccc34)CN2C(=O)[C@H](CNC(=O)CCl)NC(=O)OC(C)(C)C)C[C@]1(N)C(=O)NS(=O)(=O)c1ccccc1. The summed E-state index contributed by atoms with van der Waals surface area (Å²) in [6, 6.07) is 20.7. The molecule has 322 valence electrons. The molecular weight excluding hydrogens is 828 g/mol. The van der Waals surface area contributed by atoms with E-state index >= 15 is 0 Å². The maximum Gasteiger partial charge on any atom is 0.408 e. The summed E-state index contributed by atoms with van der Waals surface area (Å²) < 4.78 is 45.9. The average molecular weight is 875 g/mol. The maximum atomic E-state index is 14.9. The molecule has 18 heteroatoms. The predicted octanol–water partition coefficient (Wildman–Crippen LogP) is 3.85. The first-order chi connectivity index (χ1) is 28.8. The number of sulfonamides is 1. The van der Waals surface area contributed by atoms with Crippen LogP contribution in [0.25, 0.3) is 22.2 Å². The Balaban J connectivity index is 1.37. The largest absolute Gasteiger partial charge is 0.497 e. The Hall–Kier alpha value is -6.04. The maximum absolute atomic E-state index is 14.9. The number of hydrogen-bond acceptors (Lipinski definition) is 12. The molecule has 4 amide bonds. The number of aromatic nitrogens is 1. The number of methoxy groups -OCH3 is 1. The van der Waals surface area contributed by atoms with Crippen molar-refractivity contribution in [2.45, 2.75) is 67.8 Å². The number of nitrogens with two attached hydrogens (primary N) is 1. The van der Waals surface area contributed by atoms with Crippen LogP contribution >= 0.6 is 11.6 Å². The lowest BCUT2D eigenvalue weighted by Gasteiger charge is -2.31. The number of fused-ring (bicyclic) bond motifs is 1. The molecule has 1 saturated heterocycles. The van der Waals surface area contributed by atoms with E-state index in [0.717, 1.165) is 5.56 Å². The first-order valence-corrected chi connectivity index (χ1v) is 21.3.